The van der Waals surface area contributed by atoms with Crippen LogP contribution < -0.4 is 0 Å². The highest BCUT2D eigenvalue weighted by atomic mass is 14.4. The highest BCUT2D eigenvalue weighted by Crippen LogP contribution is 2.48. The summed E-state index contributed by atoms with van der Waals surface area (Å²) >= 11 is 0. The van der Waals surface area contributed by atoms with Gasteiger partial charge in [-0.25, -0.2) is 0 Å². The van der Waals surface area contributed by atoms with E-state index in [4.69, 9.17) is 0 Å². The van der Waals surface area contributed by atoms with Crippen LogP contribution in [0.3, 0.4) is 0 Å². The van der Waals surface area contributed by atoms with E-state index in [0.717, 1.165) is 30.6 Å². The van der Waals surface area contributed by atoms with Crippen LogP contribution in [0.25, 0.3) is 0 Å². The van der Waals surface area contributed by atoms with Crippen LogP contribution in [0.4, 0.5) is 0 Å². The van der Waals surface area contributed by atoms with Gasteiger partial charge in [-0.15, -0.1) is 0 Å². The van der Waals surface area contributed by atoms with E-state index in [-0.39, 0.29) is 5.41 Å². The largest absolute Gasteiger partial charge is 0.198 e. The first-order chi connectivity index (χ1) is 10.2. The lowest BCUT2D eigenvalue weighted by atomic mass is 9.62. The Morgan fingerprint density at radius 1 is 1.00 bits per heavy atom. The van der Waals surface area contributed by atoms with E-state index in [9.17, 15) is 5.26 Å². The fourth-order valence-corrected chi connectivity index (χ4v) is 4.94. The van der Waals surface area contributed by atoms with Gasteiger partial charge in [0, 0.05) is 0 Å². The van der Waals surface area contributed by atoms with Crippen LogP contribution in [-0.4, -0.2) is 0 Å². The Kier molecular flexibility index (Phi) is 6.59. The van der Waals surface area contributed by atoms with Gasteiger partial charge >= 0.3 is 0 Å². The normalized spacial score (nSPS) is 37.1. The Morgan fingerprint density at radius 2 is 1.76 bits per heavy atom. The second-order valence-electron chi connectivity index (χ2n) is 7.88. The predicted octanol–water partition coefficient (Wildman–Crippen LogP) is 6.48. The van der Waals surface area contributed by atoms with Crippen LogP contribution in [0.5, 0.6) is 0 Å². The minimum absolute atomic E-state index is 0.0287. The molecule has 0 unspecified atom stereocenters. The topological polar surface area (TPSA) is 23.8 Å². The van der Waals surface area contributed by atoms with Crippen molar-refractivity contribution in [2.24, 2.45) is 23.2 Å². The van der Waals surface area contributed by atoms with Crippen molar-refractivity contribution in [3.05, 3.63) is 0 Å². The molecule has 0 aromatic rings. The van der Waals surface area contributed by atoms with Crippen molar-refractivity contribution in [1.29, 1.82) is 5.26 Å². The molecule has 2 rings (SSSR count). The Hall–Kier alpha value is -0.510. The van der Waals surface area contributed by atoms with Crippen molar-refractivity contribution in [3.8, 4) is 6.07 Å². The lowest BCUT2D eigenvalue weighted by molar-refractivity contribution is 0.106. The highest BCUT2D eigenvalue weighted by Gasteiger charge is 2.38. The maximum absolute atomic E-state index is 9.57. The Labute approximate surface area is 132 Å². The van der Waals surface area contributed by atoms with E-state index in [2.05, 4.69) is 19.9 Å². The number of hydrogen-bond acceptors (Lipinski definition) is 1. The van der Waals surface area contributed by atoms with Crippen LogP contribution >= 0.6 is 0 Å². The van der Waals surface area contributed by atoms with Crippen LogP contribution in [0.2, 0.25) is 0 Å². The summed E-state index contributed by atoms with van der Waals surface area (Å²) in [7, 11) is 0. The van der Waals surface area contributed by atoms with Crippen molar-refractivity contribution in [1.82, 2.24) is 0 Å². The molecule has 0 spiro atoms. The average Bonchev–Trinajstić information content (AvgIpc) is 2.56. The quantitative estimate of drug-likeness (QED) is 0.513. The average molecular weight is 290 g/mol. The molecule has 0 amide bonds. The molecule has 0 saturated heterocycles. The van der Waals surface area contributed by atoms with Gasteiger partial charge in [-0.3, -0.25) is 0 Å². The summed E-state index contributed by atoms with van der Waals surface area (Å²) in [6, 6.07) is 2.68. The van der Waals surface area contributed by atoms with Crippen molar-refractivity contribution in [2.75, 3.05) is 0 Å². The van der Waals surface area contributed by atoms with Crippen LogP contribution in [-0.2, 0) is 0 Å². The summed E-state index contributed by atoms with van der Waals surface area (Å²) < 4.78 is 0. The minimum Gasteiger partial charge on any atom is -0.198 e. The van der Waals surface area contributed by atoms with Crippen LogP contribution in [0, 0.1) is 34.5 Å². The van der Waals surface area contributed by atoms with Gasteiger partial charge in [-0.05, 0) is 49.9 Å². The molecule has 0 aliphatic heterocycles. The van der Waals surface area contributed by atoms with E-state index in [0.29, 0.717) is 0 Å². The standard InChI is InChI=1S/C20H35N/c1-3-5-6-8-17-10-12-18(13-11-17)19-9-7-14-20(4-2,15-19)16-21/h17-19H,3-15H2,1-2H3/t17?,18?,19-,20+/m1/s1. The molecule has 2 saturated carbocycles. The first-order valence-electron chi connectivity index (χ1n) is 9.64. The molecule has 0 aromatic heterocycles. The maximum atomic E-state index is 9.57. The Bertz CT molecular complexity index is 334. The molecule has 0 aromatic carbocycles. The third-order valence-electron chi connectivity index (χ3n) is 6.57. The molecular weight excluding hydrogens is 254 g/mol. The van der Waals surface area contributed by atoms with Gasteiger partial charge in [-0.1, -0.05) is 65.2 Å². The lowest BCUT2D eigenvalue weighted by Gasteiger charge is -2.41. The first-order valence-corrected chi connectivity index (χ1v) is 9.64. The summed E-state index contributed by atoms with van der Waals surface area (Å²) in [6.45, 7) is 4.52. The van der Waals surface area contributed by atoms with Gasteiger partial charge in [0.15, 0.2) is 0 Å². The van der Waals surface area contributed by atoms with Crippen molar-refractivity contribution >= 4 is 0 Å². The Morgan fingerprint density at radius 3 is 2.38 bits per heavy atom. The van der Waals surface area contributed by atoms with Gasteiger partial charge in [0.25, 0.3) is 0 Å². The number of hydrogen-bond donors (Lipinski definition) is 0. The van der Waals surface area contributed by atoms with Crippen molar-refractivity contribution < 1.29 is 0 Å². The van der Waals surface area contributed by atoms with Gasteiger partial charge in [0.1, 0.15) is 0 Å². The van der Waals surface area contributed by atoms with Gasteiger partial charge < -0.3 is 0 Å². The van der Waals surface area contributed by atoms with Crippen LogP contribution in [0.15, 0.2) is 0 Å². The lowest BCUT2D eigenvalue weighted by Crippen LogP contribution is -2.32. The van der Waals surface area contributed by atoms with Gasteiger partial charge in [0.2, 0.25) is 0 Å². The zero-order valence-corrected chi connectivity index (χ0v) is 14.4. The monoisotopic (exact) mass is 289 g/mol. The van der Waals surface area contributed by atoms with Gasteiger partial charge in [-0.2, -0.15) is 5.26 Å². The third kappa shape index (κ3) is 4.48. The molecule has 0 N–H and O–H groups in total. The molecule has 0 heterocycles. The number of rotatable bonds is 6. The van der Waals surface area contributed by atoms with Gasteiger partial charge in [0.05, 0.1) is 11.5 Å². The number of unbranched alkanes of at least 4 members (excludes halogenated alkanes) is 2. The summed E-state index contributed by atoms with van der Waals surface area (Å²) in [4.78, 5) is 0. The number of nitriles is 1. The Balaban J connectivity index is 1.78. The fraction of sp³-hybridized carbons (Fsp3) is 0.950. The van der Waals surface area contributed by atoms with E-state index < -0.39 is 0 Å². The van der Waals surface area contributed by atoms with E-state index in [1.807, 2.05) is 0 Å². The van der Waals surface area contributed by atoms with Crippen LogP contribution in [0.1, 0.15) is 97.3 Å². The number of nitrogens with zero attached hydrogens (tertiary/aromatic N) is 1. The molecule has 0 radical (unpaired) electrons. The molecule has 2 fully saturated rings. The van der Waals surface area contributed by atoms with Crippen molar-refractivity contribution in [3.63, 3.8) is 0 Å². The molecule has 2 aliphatic carbocycles. The van der Waals surface area contributed by atoms with Crippen molar-refractivity contribution in [2.45, 2.75) is 97.3 Å². The molecule has 21 heavy (non-hydrogen) atoms. The smallest absolute Gasteiger partial charge is 0.0689 e. The third-order valence-corrected chi connectivity index (χ3v) is 6.57. The zero-order valence-electron chi connectivity index (χ0n) is 14.4. The first kappa shape index (κ1) is 16.9. The molecule has 2 atom stereocenters. The van der Waals surface area contributed by atoms with E-state index >= 15 is 0 Å². The summed E-state index contributed by atoms with van der Waals surface area (Å²) in [5.74, 6) is 2.81. The molecule has 1 nitrogen and oxygen atoms in total. The highest BCUT2D eigenvalue weighted by molar-refractivity contribution is 5.02. The summed E-state index contributed by atoms with van der Waals surface area (Å²) in [5.41, 5.74) is 0.0287. The molecule has 2 aliphatic rings. The fourth-order valence-electron chi connectivity index (χ4n) is 4.94. The van der Waals surface area contributed by atoms with E-state index in [1.54, 1.807) is 0 Å². The summed E-state index contributed by atoms with van der Waals surface area (Å²) in [5, 5.41) is 9.57. The molecule has 0 bridgehead atoms. The predicted molar refractivity (Wildman–Crippen MR) is 89.9 cm³/mol. The second kappa shape index (κ2) is 8.21. The zero-order chi connectivity index (χ0) is 15.1. The second-order valence-corrected chi connectivity index (χ2v) is 7.88. The summed E-state index contributed by atoms with van der Waals surface area (Å²) in [6.07, 6.45) is 17.6. The van der Waals surface area contributed by atoms with E-state index in [1.165, 1.54) is 70.6 Å². The molecule has 120 valence electrons. The molecular formula is C20H35N. The molecule has 1 heteroatoms. The SMILES string of the molecule is CCCCCC1CCC([C@@H]2CCC[C@@](C#N)(CC)C2)CC1. The maximum Gasteiger partial charge on any atom is 0.0689 e. The minimum atomic E-state index is 0.0287.